The van der Waals surface area contributed by atoms with E-state index in [1.807, 2.05) is 22.7 Å². The van der Waals surface area contributed by atoms with Gasteiger partial charge in [0.15, 0.2) is 0 Å². The highest BCUT2D eigenvalue weighted by atomic mass is 32.1. The van der Waals surface area contributed by atoms with Crippen molar-refractivity contribution in [2.75, 3.05) is 11.4 Å². The second kappa shape index (κ2) is 4.07. The van der Waals surface area contributed by atoms with Crippen molar-refractivity contribution in [1.29, 1.82) is 0 Å². The Labute approximate surface area is 104 Å². The van der Waals surface area contributed by atoms with E-state index >= 15 is 0 Å². The van der Waals surface area contributed by atoms with Gasteiger partial charge < -0.3 is 4.90 Å². The predicted molar refractivity (Wildman–Crippen MR) is 74.9 cm³/mol. The Hall–Kier alpha value is -1.06. The molecule has 0 radical (unpaired) electrons. The Morgan fingerprint density at radius 3 is 2.06 bits per heavy atom. The van der Waals surface area contributed by atoms with Crippen molar-refractivity contribution in [1.82, 2.24) is 0 Å². The van der Waals surface area contributed by atoms with Crippen LogP contribution < -0.4 is 4.90 Å². The quantitative estimate of drug-likeness (QED) is 0.734. The highest BCUT2D eigenvalue weighted by Crippen LogP contribution is 2.40. The van der Waals surface area contributed by atoms with Crippen molar-refractivity contribution in [2.45, 2.75) is 13.3 Å². The van der Waals surface area contributed by atoms with Gasteiger partial charge in [0.05, 0.1) is 21.1 Å². The van der Waals surface area contributed by atoms with Crippen molar-refractivity contribution in [3.05, 3.63) is 32.6 Å². The zero-order valence-electron chi connectivity index (χ0n) is 9.14. The summed E-state index contributed by atoms with van der Waals surface area (Å²) in [7, 11) is 0. The van der Waals surface area contributed by atoms with E-state index in [-0.39, 0.29) is 0 Å². The molecule has 1 aliphatic rings. The van der Waals surface area contributed by atoms with Crippen molar-refractivity contribution in [2.24, 2.45) is 0 Å². The third kappa shape index (κ3) is 1.51. The molecule has 0 aromatic carbocycles. The second-order valence-corrected chi connectivity index (χ2v) is 5.72. The summed E-state index contributed by atoms with van der Waals surface area (Å²) >= 11 is 3.64. The number of nitrogens with zero attached hydrogens (tertiary/aromatic N) is 1. The summed E-state index contributed by atoms with van der Waals surface area (Å²) in [6.45, 7) is 3.32. The first-order valence-electron chi connectivity index (χ1n) is 5.50. The number of anilines is 2. The third-order valence-corrected chi connectivity index (χ3v) is 4.50. The van der Waals surface area contributed by atoms with Crippen LogP contribution in [0.25, 0.3) is 12.2 Å². The number of hydrogen-bond donors (Lipinski definition) is 0. The van der Waals surface area contributed by atoms with Gasteiger partial charge in [0.1, 0.15) is 0 Å². The van der Waals surface area contributed by atoms with Crippen LogP contribution in [0.2, 0.25) is 0 Å². The molecular weight excluding hydrogens is 234 g/mol. The first-order chi connectivity index (χ1) is 7.90. The third-order valence-electron chi connectivity index (χ3n) is 2.76. The van der Waals surface area contributed by atoms with E-state index in [4.69, 9.17) is 0 Å². The molecule has 82 valence electrons. The van der Waals surface area contributed by atoms with Crippen LogP contribution in [0.3, 0.4) is 0 Å². The van der Waals surface area contributed by atoms with Gasteiger partial charge in [-0.2, -0.15) is 0 Å². The van der Waals surface area contributed by atoms with Gasteiger partial charge in [0, 0.05) is 6.54 Å². The maximum Gasteiger partial charge on any atom is 0.0594 e. The van der Waals surface area contributed by atoms with Crippen molar-refractivity contribution >= 4 is 46.2 Å². The van der Waals surface area contributed by atoms with E-state index in [9.17, 15) is 0 Å². The van der Waals surface area contributed by atoms with E-state index in [2.05, 4.69) is 46.9 Å². The van der Waals surface area contributed by atoms with Gasteiger partial charge in [-0.05, 0) is 41.5 Å². The molecule has 3 rings (SSSR count). The monoisotopic (exact) mass is 247 g/mol. The average Bonchev–Trinajstić information content (AvgIpc) is 2.91. The van der Waals surface area contributed by atoms with Gasteiger partial charge in [0.25, 0.3) is 0 Å². The van der Waals surface area contributed by atoms with Gasteiger partial charge >= 0.3 is 0 Å². The smallest absolute Gasteiger partial charge is 0.0594 e. The van der Waals surface area contributed by atoms with Gasteiger partial charge in [-0.25, -0.2) is 0 Å². The first-order valence-corrected chi connectivity index (χ1v) is 7.26. The number of hydrogen-bond acceptors (Lipinski definition) is 3. The molecule has 3 heteroatoms. The van der Waals surface area contributed by atoms with Crippen LogP contribution in [-0.4, -0.2) is 6.54 Å². The fourth-order valence-electron chi connectivity index (χ4n) is 2.07. The van der Waals surface area contributed by atoms with Crippen molar-refractivity contribution in [3.63, 3.8) is 0 Å². The SMILES string of the molecule is CCCN1c2ccsc2C=Cc2sccc21. The molecule has 3 heterocycles. The largest absolute Gasteiger partial charge is 0.339 e. The average molecular weight is 247 g/mol. The minimum Gasteiger partial charge on any atom is -0.339 e. The molecule has 2 aromatic heterocycles. The predicted octanol–water partition coefficient (Wildman–Crippen LogP) is 4.84. The summed E-state index contributed by atoms with van der Waals surface area (Å²) in [6, 6.07) is 4.46. The highest BCUT2D eigenvalue weighted by molar-refractivity contribution is 7.12. The lowest BCUT2D eigenvalue weighted by molar-refractivity contribution is 0.888. The number of thiophene rings is 2. The second-order valence-electron chi connectivity index (χ2n) is 3.83. The zero-order chi connectivity index (χ0) is 11.0. The van der Waals surface area contributed by atoms with E-state index in [1.165, 1.54) is 27.5 Å². The zero-order valence-corrected chi connectivity index (χ0v) is 10.8. The Morgan fingerprint density at radius 2 is 1.56 bits per heavy atom. The van der Waals surface area contributed by atoms with Gasteiger partial charge in [0.2, 0.25) is 0 Å². The minimum atomic E-state index is 1.09. The van der Waals surface area contributed by atoms with E-state index in [0.717, 1.165) is 6.54 Å². The Bertz CT molecular complexity index is 477. The lowest BCUT2D eigenvalue weighted by Crippen LogP contribution is -2.17. The molecule has 0 atom stereocenters. The molecule has 0 aliphatic carbocycles. The number of rotatable bonds is 2. The molecule has 1 nitrogen and oxygen atoms in total. The molecule has 0 saturated heterocycles. The van der Waals surface area contributed by atoms with Crippen LogP contribution in [0.1, 0.15) is 23.1 Å². The number of fused-ring (bicyclic) bond motifs is 2. The molecule has 2 aromatic rings. The van der Waals surface area contributed by atoms with Crippen LogP contribution in [0.15, 0.2) is 22.9 Å². The van der Waals surface area contributed by atoms with Gasteiger partial charge in [-0.1, -0.05) is 6.92 Å². The first kappa shape index (κ1) is 10.1. The van der Waals surface area contributed by atoms with E-state index < -0.39 is 0 Å². The van der Waals surface area contributed by atoms with Crippen molar-refractivity contribution in [3.8, 4) is 0 Å². The normalized spacial score (nSPS) is 13.4. The molecule has 0 N–H and O–H groups in total. The summed E-state index contributed by atoms with van der Waals surface area (Å²) < 4.78 is 0. The van der Waals surface area contributed by atoms with E-state index in [0.29, 0.717) is 0 Å². The molecule has 0 spiro atoms. The summed E-state index contributed by atoms with van der Waals surface area (Å²) in [5.41, 5.74) is 2.72. The fraction of sp³-hybridized carbons (Fsp3) is 0.231. The minimum absolute atomic E-state index is 1.09. The van der Waals surface area contributed by atoms with Crippen LogP contribution in [0.4, 0.5) is 11.4 Å². The molecule has 0 saturated carbocycles. The van der Waals surface area contributed by atoms with Gasteiger partial charge in [-0.15, -0.1) is 22.7 Å². The summed E-state index contributed by atoms with van der Waals surface area (Å²) in [6.07, 6.45) is 5.65. The van der Waals surface area contributed by atoms with Crippen molar-refractivity contribution < 1.29 is 0 Å². The molecule has 0 bridgehead atoms. The van der Waals surface area contributed by atoms with Crippen LogP contribution >= 0.6 is 22.7 Å². The Kier molecular flexibility index (Phi) is 2.58. The van der Waals surface area contributed by atoms with Crippen LogP contribution in [-0.2, 0) is 0 Å². The lowest BCUT2D eigenvalue weighted by Gasteiger charge is -2.22. The Balaban J connectivity index is 2.16. The maximum absolute atomic E-state index is 2.44. The Morgan fingerprint density at radius 1 is 1.00 bits per heavy atom. The highest BCUT2D eigenvalue weighted by Gasteiger charge is 2.18. The molecule has 16 heavy (non-hydrogen) atoms. The lowest BCUT2D eigenvalue weighted by atomic mass is 10.3. The fourth-order valence-corrected chi connectivity index (χ4v) is 3.65. The summed E-state index contributed by atoms with van der Waals surface area (Å²) in [4.78, 5) is 5.19. The van der Waals surface area contributed by atoms with Gasteiger partial charge in [-0.3, -0.25) is 0 Å². The summed E-state index contributed by atoms with van der Waals surface area (Å²) in [5.74, 6) is 0. The topological polar surface area (TPSA) is 3.24 Å². The molecule has 0 unspecified atom stereocenters. The summed E-state index contributed by atoms with van der Waals surface area (Å²) in [5, 5.41) is 4.35. The van der Waals surface area contributed by atoms with Crippen LogP contribution in [0.5, 0.6) is 0 Å². The molecule has 0 amide bonds. The standard InChI is InChI=1S/C13H13NS2/c1-2-7-14-10-5-8-15-12(10)3-4-13-11(14)6-9-16-13/h3-6,8-9H,2,7H2,1H3. The molecule has 0 fully saturated rings. The van der Waals surface area contributed by atoms with E-state index in [1.54, 1.807) is 0 Å². The molecule has 1 aliphatic heterocycles. The molecular formula is C13H13NS2. The van der Waals surface area contributed by atoms with Crippen LogP contribution in [0, 0.1) is 0 Å². The maximum atomic E-state index is 2.44.